The number of carbonyl (C=O) groups is 2. The van der Waals surface area contributed by atoms with Crippen molar-refractivity contribution in [1.82, 2.24) is 4.90 Å². The van der Waals surface area contributed by atoms with Gasteiger partial charge in [0, 0.05) is 24.8 Å². The maximum Gasteiger partial charge on any atom is 0.239 e. The minimum atomic E-state index is -1.16. The standard InChI is InChI=1S/C19H30N2O4/c1-7-11-21(12-8-2)18(23)19(3,4)17(22)20-14-9-10-15(24-5)16(13-14)25-6/h9-10,13H,7-8,11-12H2,1-6H3,(H,20,22). The third-order valence-corrected chi connectivity index (χ3v) is 4.02. The molecule has 1 aromatic rings. The summed E-state index contributed by atoms with van der Waals surface area (Å²) in [5.74, 6) is 0.590. The van der Waals surface area contributed by atoms with Crippen molar-refractivity contribution in [3.8, 4) is 11.5 Å². The van der Waals surface area contributed by atoms with E-state index in [1.165, 1.54) is 7.11 Å². The van der Waals surface area contributed by atoms with Crippen LogP contribution in [0.5, 0.6) is 11.5 Å². The molecule has 0 aliphatic heterocycles. The summed E-state index contributed by atoms with van der Waals surface area (Å²) in [6.07, 6.45) is 1.72. The molecular weight excluding hydrogens is 320 g/mol. The van der Waals surface area contributed by atoms with Gasteiger partial charge in [-0.15, -0.1) is 0 Å². The van der Waals surface area contributed by atoms with Crippen LogP contribution in [-0.2, 0) is 9.59 Å². The van der Waals surface area contributed by atoms with Crippen LogP contribution in [0.2, 0.25) is 0 Å². The first kappa shape index (κ1) is 20.8. The number of anilines is 1. The molecule has 0 saturated heterocycles. The Bertz CT molecular complexity index is 593. The van der Waals surface area contributed by atoms with Gasteiger partial charge < -0.3 is 19.7 Å². The SMILES string of the molecule is CCCN(CCC)C(=O)C(C)(C)C(=O)Nc1ccc(OC)c(OC)c1. The van der Waals surface area contributed by atoms with Gasteiger partial charge >= 0.3 is 0 Å². The predicted molar refractivity (Wildman–Crippen MR) is 99.1 cm³/mol. The van der Waals surface area contributed by atoms with Crippen molar-refractivity contribution >= 4 is 17.5 Å². The summed E-state index contributed by atoms with van der Waals surface area (Å²) in [6, 6.07) is 5.10. The fraction of sp³-hybridized carbons (Fsp3) is 0.579. The number of hydrogen-bond donors (Lipinski definition) is 1. The van der Waals surface area contributed by atoms with E-state index in [0.717, 1.165) is 12.8 Å². The van der Waals surface area contributed by atoms with Crippen molar-refractivity contribution in [2.45, 2.75) is 40.5 Å². The Labute approximate surface area is 150 Å². The molecule has 1 aromatic carbocycles. The van der Waals surface area contributed by atoms with Gasteiger partial charge in [-0.25, -0.2) is 0 Å². The number of nitrogens with zero attached hydrogens (tertiary/aromatic N) is 1. The highest BCUT2D eigenvalue weighted by Gasteiger charge is 2.38. The Hall–Kier alpha value is -2.24. The molecule has 0 fully saturated rings. The van der Waals surface area contributed by atoms with Gasteiger partial charge in [-0.3, -0.25) is 9.59 Å². The van der Waals surface area contributed by atoms with E-state index in [0.29, 0.717) is 30.3 Å². The molecule has 0 spiro atoms. The van der Waals surface area contributed by atoms with Gasteiger partial charge in [0.2, 0.25) is 11.8 Å². The van der Waals surface area contributed by atoms with Crippen LogP contribution < -0.4 is 14.8 Å². The topological polar surface area (TPSA) is 67.9 Å². The van der Waals surface area contributed by atoms with Crippen molar-refractivity contribution in [2.75, 3.05) is 32.6 Å². The van der Waals surface area contributed by atoms with Gasteiger partial charge in [0.25, 0.3) is 0 Å². The first-order chi connectivity index (χ1) is 11.8. The monoisotopic (exact) mass is 350 g/mol. The predicted octanol–water partition coefficient (Wildman–Crippen LogP) is 3.32. The fourth-order valence-corrected chi connectivity index (χ4v) is 2.55. The smallest absolute Gasteiger partial charge is 0.239 e. The number of ether oxygens (including phenoxy) is 2. The van der Waals surface area contributed by atoms with E-state index in [1.807, 2.05) is 13.8 Å². The maximum absolute atomic E-state index is 12.8. The molecule has 0 aromatic heterocycles. The Morgan fingerprint density at radius 2 is 1.60 bits per heavy atom. The molecule has 1 rings (SSSR count). The number of rotatable bonds is 9. The van der Waals surface area contributed by atoms with Crippen molar-refractivity contribution in [1.29, 1.82) is 0 Å². The summed E-state index contributed by atoms with van der Waals surface area (Å²) in [4.78, 5) is 27.3. The first-order valence-electron chi connectivity index (χ1n) is 8.64. The minimum Gasteiger partial charge on any atom is -0.493 e. The zero-order valence-electron chi connectivity index (χ0n) is 16.1. The molecule has 0 unspecified atom stereocenters. The Kier molecular flexibility index (Phi) is 7.74. The lowest BCUT2D eigenvalue weighted by Gasteiger charge is -2.30. The normalized spacial score (nSPS) is 11.0. The summed E-state index contributed by atoms with van der Waals surface area (Å²) >= 11 is 0. The van der Waals surface area contributed by atoms with Crippen LogP contribution in [0.25, 0.3) is 0 Å². The lowest BCUT2D eigenvalue weighted by Crippen LogP contribution is -2.47. The largest absolute Gasteiger partial charge is 0.493 e. The third kappa shape index (κ3) is 5.11. The molecule has 140 valence electrons. The van der Waals surface area contributed by atoms with Gasteiger partial charge in [0.1, 0.15) is 5.41 Å². The number of methoxy groups -OCH3 is 2. The molecule has 0 aliphatic rings. The van der Waals surface area contributed by atoms with E-state index in [4.69, 9.17) is 9.47 Å². The van der Waals surface area contributed by atoms with E-state index in [1.54, 1.807) is 44.1 Å². The van der Waals surface area contributed by atoms with E-state index < -0.39 is 5.41 Å². The lowest BCUT2D eigenvalue weighted by atomic mass is 9.90. The van der Waals surface area contributed by atoms with Crippen LogP contribution in [0.3, 0.4) is 0 Å². The molecule has 0 atom stereocenters. The van der Waals surface area contributed by atoms with E-state index in [-0.39, 0.29) is 11.8 Å². The van der Waals surface area contributed by atoms with Crippen LogP contribution in [0.4, 0.5) is 5.69 Å². The zero-order valence-corrected chi connectivity index (χ0v) is 16.1. The summed E-state index contributed by atoms with van der Waals surface area (Å²) in [7, 11) is 3.08. The quantitative estimate of drug-likeness (QED) is 0.694. The number of amides is 2. The average molecular weight is 350 g/mol. The highest BCUT2D eigenvalue weighted by atomic mass is 16.5. The molecule has 1 N–H and O–H groups in total. The van der Waals surface area contributed by atoms with Crippen molar-refractivity contribution < 1.29 is 19.1 Å². The van der Waals surface area contributed by atoms with Crippen molar-refractivity contribution in [3.05, 3.63) is 18.2 Å². The second-order valence-electron chi connectivity index (χ2n) is 6.44. The Morgan fingerprint density at radius 1 is 1.04 bits per heavy atom. The van der Waals surface area contributed by atoms with E-state index in [9.17, 15) is 9.59 Å². The molecule has 0 heterocycles. The molecule has 0 saturated carbocycles. The Morgan fingerprint density at radius 3 is 2.08 bits per heavy atom. The van der Waals surface area contributed by atoms with Gasteiger partial charge in [-0.1, -0.05) is 13.8 Å². The van der Waals surface area contributed by atoms with Crippen LogP contribution in [0.15, 0.2) is 18.2 Å². The fourth-order valence-electron chi connectivity index (χ4n) is 2.55. The molecule has 0 radical (unpaired) electrons. The summed E-state index contributed by atoms with van der Waals surface area (Å²) in [6.45, 7) is 8.66. The molecule has 25 heavy (non-hydrogen) atoms. The number of nitrogens with one attached hydrogen (secondary N) is 1. The first-order valence-corrected chi connectivity index (χ1v) is 8.64. The average Bonchev–Trinajstić information content (AvgIpc) is 2.60. The molecule has 2 amide bonds. The van der Waals surface area contributed by atoms with Crippen LogP contribution in [-0.4, -0.2) is 44.0 Å². The van der Waals surface area contributed by atoms with Crippen molar-refractivity contribution in [2.24, 2.45) is 5.41 Å². The van der Waals surface area contributed by atoms with Crippen LogP contribution >= 0.6 is 0 Å². The second kappa shape index (κ2) is 9.30. The summed E-state index contributed by atoms with van der Waals surface area (Å²) < 4.78 is 10.4. The molecule has 6 nitrogen and oxygen atoms in total. The number of benzene rings is 1. The molecular formula is C19H30N2O4. The van der Waals surface area contributed by atoms with Crippen molar-refractivity contribution in [3.63, 3.8) is 0 Å². The van der Waals surface area contributed by atoms with Gasteiger partial charge in [-0.05, 0) is 38.8 Å². The van der Waals surface area contributed by atoms with Crippen LogP contribution in [0.1, 0.15) is 40.5 Å². The minimum absolute atomic E-state index is 0.158. The highest BCUT2D eigenvalue weighted by molar-refractivity contribution is 6.09. The summed E-state index contributed by atoms with van der Waals surface area (Å²) in [5, 5.41) is 2.81. The molecule has 0 bridgehead atoms. The number of hydrogen-bond acceptors (Lipinski definition) is 4. The van der Waals surface area contributed by atoms with Crippen LogP contribution in [0, 0.1) is 5.41 Å². The van der Waals surface area contributed by atoms with Gasteiger partial charge in [0.05, 0.1) is 14.2 Å². The highest BCUT2D eigenvalue weighted by Crippen LogP contribution is 2.31. The van der Waals surface area contributed by atoms with E-state index in [2.05, 4.69) is 5.32 Å². The lowest BCUT2D eigenvalue weighted by molar-refractivity contribution is -0.146. The van der Waals surface area contributed by atoms with Gasteiger partial charge in [-0.2, -0.15) is 0 Å². The third-order valence-electron chi connectivity index (χ3n) is 4.02. The Balaban J connectivity index is 2.95. The second-order valence-corrected chi connectivity index (χ2v) is 6.44. The zero-order chi connectivity index (χ0) is 19.0. The van der Waals surface area contributed by atoms with E-state index >= 15 is 0 Å². The van der Waals surface area contributed by atoms with Gasteiger partial charge in [0.15, 0.2) is 11.5 Å². The molecule has 0 aliphatic carbocycles. The summed E-state index contributed by atoms with van der Waals surface area (Å²) in [5.41, 5.74) is -0.599. The molecule has 6 heteroatoms. The maximum atomic E-state index is 12.8. The number of carbonyl (C=O) groups excluding carboxylic acids is 2.